The fraction of sp³-hybridized carbons (Fsp3) is 0.842. The standard InChI is InChI=1S/C19H36N2O9/c1-5-29-17(24)15-21(14-16(22)23)7-9-27-11-13-28-12-10-26-8-6-20-18(25)30-19(2,3)4/h5-15H2,1-4H3,(H,20,25)(H,22,23). The van der Waals surface area contributed by atoms with Gasteiger partial charge in [-0.3, -0.25) is 14.5 Å². The molecule has 0 rings (SSSR count). The lowest BCUT2D eigenvalue weighted by atomic mass is 10.2. The molecule has 2 N–H and O–H groups in total. The Morgan fingerprint density at radius 1 is 0.900 bits per heavy atom. The summed E-state index contributed by atoms with van der Waals surface area (Å²) in [6, 6.07) is 0. The van der Waals surface area contributed by atoms with Crippen molar-refractivity contribution in [3.05, 3.63) is 0 Å². The van der Waals surface area contributed by atoms with E-state index in [1.54, 1.807) is 27.7 Å². The van der Waals surface area contributed by atoms with Crippen LogP contribution in [0.3, 0.4) is 0 Å². The summed E-state index contributed by atoms with van der Waals surface area (Å²) >= 11 is 0. The van der Waals surface area contributed by atoms with Crippen LogP contribution >= 0.6 is 0 Å². The highest BCUT2D eigenvalue weighted by Crippen LogP contribution is 2.06. The predicted octanol–water partition coefficient (Wildman–Crippen LogP) is 0.511. The normalized spacial score (nSPS) is 11.4. The number of rotatable bonds is 17. The van der Waals surface area contributed by atoms with Crippen molar-refractivity contribution in [3.8, 4) is 0 Å². The third-order valence-corrected chi connectivity index (χ3v) is 3.23. The van der Waals surface area contributed by atoms with E-state index in [4.69, 9.17) is 28.8 Å². The lowest BCUT2D eigenvalue weighted by Gasteiger charge is -2.19. The second-order valence-corrected chi connectivity index (χ2v) is 7.18. The van der Waals surface area contributed by atoms with Crippen LogP contribution in [-0.4, -0.2) is 106 Å². The van der Waals surface area contributed by atoms with E-state index in [1.165, 1.54) is 4.90 Å². The maximum Gasteiger partial charge on any atom is 0.407 e. The average Bonchev–Trinajstić information content (AvgIpc) is 2.60. The van der Waals surface area contributed by atoms with E-state index in [2.05, 4.69) is 5.32 Å². The van der Waals surface area contributed by atoms with E-state index in [0.717, 1.165) is 0 Å². The highest BCUT2D eigenvalue weighted by molar-refractivity contribution is 5.74. The number of hydrogen-bond acceptors (Lipinski definition) is 9. The third-order valence-electron chi connectivity index (χ3n) is 3.23. The van der Waals surface area contributed by atoms with Gasteiger partial charge in [-0.25, -0.2) is 4.79 Å². The molecule has 0 fully saturated rings. The Bertz CT molecular complexity index is 495. The van der Waals surface area contributed by atoms with Gasteiger partial charge in [0.05, 0.1) is 59.3 Å². The summed E-state index contributed by atoms with van der Waals surface area (Å²) < 4.78 is 26.0. The summed E-state index contributed by atoms with van der Waals surface area (Å²) in [6.07, 6.45) is -0.483. The van der Waals surface area contributed by atoms with Gasteiger partial charge in [-0.05, 0) is 27.7 Å². The van der Waals surface area contributed by atoms with Gasteiger partial charge in [-0.1, -0.05) is 0 Å². The van der Waals surface area contributed by atoms with Gasteiger partial charge in [0.2, 0.25) is 0 Å². The first-order valence-corrected chi connectivity index (χ1v) is 9.94. The number of carboxylic acid groups (broad SMARTS) is 1. The number of nitrogens with one attached hydrogen (secondary N) is 1. The van der Waals surface area contributed by atoms with E-state index in [-0.39, 0.29) is 26.3 Å². The van der Waals surface area contributed by atoms with Crippen molar-refractivity contribution in [1.29, 1.82) is 0 Å². The molecule has 0 atom stereocenters. The van der Waals surface area contributed by atoms with Crippen molar-refractivity contribution in [1.82, 2.24) is 10.2 Å². The summed E-state index contributed by atoms with van der Waals surface area (Å²) in [6.45, 7) is 9.64. The molecule has 1 amide bonds. The lowest BCUT2D eigenvalue weighted by molar-refractivity contribution is -0.146. The quantitative estimate of drug-likeness (QED) is 0.245. The molecule has 0 aliphatic rings. The average molecular weight is 437 g/mol. The fourth-order valence-electron chi connectivity index (χ4n) is 2.07. The number of aliphatic carboxylic acids is 1. The van der Waals surface area contributed by atoms with E-state index in [0.29, 0.717) is 46.1 Å². The Morgan fingerprint density at radius 3 is 2.00 bits per heavy atom. The SMILES string of the molecule is CCOC(=O)CN(CCOCCOCCOCCNC(=O)OC(C)(C)C)CC(=O)O. The van der Waals surface area contributed by atoms with Crippen LogP contribution in [0, 0.1) is 0 Å². The molecule has 0 aliphatic heterocycles. The zero-order chi connectivity index (χ0) is 22.8. The minimum absolute atomic E-state index is 0.0971. The van der Waals surface area contributed by atoms with Gasteiger partial charge < -0.3 is 34.1 Å². The highest BCUT2D eigenvalue weighted by atomic mass is 16.6. The van der Waals surface area contributed by atoms with Gasteiger partial charge in [0.25, 0.3) is 0 Å². The fourth-order valence-corrected chi connectivity index (χ4v) is 2.07. The molecule has 0 aromatic rings. The molecule has 30 heavy (non-hydrogen) atoms. The summed E-state index contributed by atoms with van der Waals surface area (Å²) in [5, 5.41) is 11.5. The molecule has 0 spiro atoms. The first kappa shape index (κ1) is 28.1. The van der Waals surface area contributed by atoms with Crippen molar-refractivity contribution in [2.75, 3.05) is 72.4 Å². The monoisotopic (exact) mass is 436 g/mol. The number of carboxylic acids is 1. The Hall–Kier alpha value is -1.95. The Morgan fingerprint density at radius 2 is 1.47 bits per heavy atom. The molecule has 0 heterocycles. The van der Waals surface area contributed by atoms with Crippen molar-refractivity contribution in [3.63, 3.8) is 0 Å². The van der Waals surface area contributed by atoms with Crippen LogP contribution in [0.4, 0.5) is 4.79 Å². The Kier molecular flexibility index (Phi) is 15.7. The van der Waals surface area contributed by atoms with Gasteiger partial charge in [0.15, 0.2) is 0 Å². The maximum atomic E-state index is 11.5. The molecule has 0 saturated heterocycles. The Balaban J connectivity index is 3.60. The van der Waals surface area contributed by atoms with Crippen molar-refractivity contribution in [2.24, 2.45) is 0 Å². The van der Waals surface area contributed by atoms with Crippen LogP contribution in [0.2, 0.25) is 0 Å². The zero-order valence-corrected chi connectivity index (χ0v) is 18.4. The molecular formula is C19H36N2O9. The lowest BCUT2D eigenvalue weighted by Crippen LogP contribution is -2.37. The number of esters is 1. The van der Waals surface area contributed by atoms with Crippen LogP contribution in [0.25, 0.3) is 0 Å². The summed E-state index contributed by atoms with van der Waals surface area (Å²) in [5.74, 6) is -1.49. The molecule has 0 radical (unpaired) electrons. The molecule has 11 heteroatoms. The van der Waals surface area contributed by atoms with Gasteiger partial charge in [0.1, 0.15) is 5.60 Å². The number of nitrogens with zero attached hydrogens (tertiary/aromatic N) is 1. The van der Waals surface area contributed by atoms with Crippen LogP contribution in [0.1, 0.15) is 27.7 Å². The molecule has 0 bridgehead atoms. The number of amides is 1. The molecule has 0 aromatic heterocycles. The van der Waals surface area contributed by atoms with E-state index in [1.807, 2.05) is 0 Å². The first-order valence-electron chi connectivity index (χ1n) is 9.94. The Labute approximate surface area is 177 Å². The molecule has 176 valence electrons. The zero-order valence-electron chi connectivity index (χ0n) is 18.4. The summed E-state index contributed by atoms with van der Waals surface area (Å²) in [4.78, 5) is 35.2. The van der Waals surface area contributed by atoms with Crippen LogP contribution in [0.5, 0.6) is 0 Å². The van der Waals surface area contributed by atoms with E-state index in [9.17, 15) is 14.4 Å². The van der Waals surface area contributed by atoms with Crippen LogP contribution in [-0.2, 0) is 33.3 Å². The number of ether oxygens (including phenoxy) is 5. The number of carbonyl (C=O) groups is 3. The second-order valence-electron chi connectivity index (χ2n) is 7.18. The van der Waals surface area contributed by atoms with Crippen molar-refractivity contribution >= 4 is 18.0 Å². The summed E-state index contributed by atoms with van der Waals surface area (Å²) in [5.41, 5.74) is -0.531. The topological polar surface area (TPSA) is 133 Å². The minimum atomic E-state index is -1.02. The predicted molar refractivity (Wildman–Crippen MR) is 107 cm³/mol. The molecule has 11 nitrogen and oxygen atoms in total. The van der Waals surface area contributed by atoms with E-state index < -0.39 is 23.6 Å². The van der Waals surface area contributed by atoms with Gasteiger partial charge in [-0.15, -0.1) is 0 Å². The van der Waals surface area contributed by atoms with Crippen LogP contribution in [0.15, 0.2) is 0 Å². The molecule has 0 unspecified atom stereocenters. The van der Waals surface area contributed by atoms with Crippen LogP contribution < -0.4 is 5.32 Å². The maximum absolute atomic E-state index is 11.5. The van der Waals surface area contributed by atoms with Gasteiger partial charge >= 0.3 is 18.0 Å². The largest absolute Gasteiger partial charge is 0.480 e. The summed E-state index contributed by atoms with van der Waals surface area (Å²) in [7, 11) is 0. The van der Waals surface area contributed by atoms with Gasteiger partial charge in [-0.2, -0.15) is 0 Å². The number of hydrogen-bond donors (Lipinski definition) is 2. The third kappa shape index (κ3) is 19.4. The minimum Gasteiger partial charge on any atom is -0.480 e. The first-order chi connectivity index (χ1) is 14.1. The molecule has 0 aliphatic carbocycles. The van der Waals surface area contributed by atoms with Crippen molar-refractivity contribution < 1.29 is 43.2 Å². The molecular weight excluding hydrogens is 400 g/mol. The number of alkyl carbamates (subject to hydrolysis) is 1. The van der Waals surface area contributed by atoms with Crippen molar-refractivity contribution in [2.45, 2.75) is 33.3 Å². The van der Waals surface area contributed by atoms with E-state index >= 15 is 0 Å². The number of carbonyl (C=O) groups excluding carboxylic acids is 2. The molecule has 0 saturated carbocycles. The smallest absolute Gasteiger partial charge is 0.407 e. The molecule has 0 aromatic carbocycles. The van der Waals surface area contributed by atoms with Gasteiger partial charge in [0, 0.05) is 13.1 Å². The highest BCUT2D eigenvalue weighted by Gasteiger charge is 2.15. The second kappa shape index (κ2) is 16.8.